The van der Waals surface area contributed by atoms with E-state index in [1.165, 1.54) is 17.3 Å². The number of hydrogen-bond donors (Lipinski definition) is 0. The second kappa shape index (κ2) is 5.28. The molecule has 0 saturated carbocycles. The molecule has 0 fully saturated rings. The number of hydrogen-bond acceptors (Lipinski definition) is 4. The first kappa shape index (κ1) is 12.1. The van der Waals surface area contributed by atoms with E-state index in [1.807, 2.05) is 24.1 Å². The van der Waals surface area contributed by atoms with E-state index in [0.717, 1.165) is 0 Å². The molecule has 0 amide bonds. The van der Waals surface area contributed by atoms with Crippen LogP contribution < -0.4 is 4.90 Å². The second-order valence-corrected chi connectivity index (χ2v) is 4.12. The van der Waals surface area contributed by atoms with Crippen molar-refractivity contribution in [2.24, 2.45) is 0 Å². The Morgan fingerprint density at radius 1 is 1.22 bits per heavy atom. The Morgan fingerprint density at radius 3 is 2.67 bits per heavy atom. The average molecular weight is 238 g/mol. The van der Waals surface area contributed by atoms with Crippen molar-refractivity contribution in [3.8, 4) is 6.07 Å². The van der Waals surface area contributed by atoms with E-state index in [9.17, 15) is 0 Å². The number of nitriles is 1. The van der Waals surface area contributed by atoms with Gasteiger partial charge >= 0.3 is 0 Å². The fraction of sp³-hybridized carbons (Fsp3) is 0.214. The summed E-state index contributed by atoms with van der Waals surface area (Å²) in [6.45, 7) is 2.78. The molecule has 0 unspecified atom stereocenters. The van der Waals surface area contributed by atoms with Gasteiger partial charge in [-0.1, -0.05) is 24.3 Å². The Kier molecular flexibility index (Phi) is 3.54. The highest BCUT2D eigenvalue weighted by Gasteiger charge is 2.10. The maximum atomic E-state index is 9.01. The molecule has 90 valence electrons. The molecule has 0 atom stereocenters. The first-order valence-corrected chi connectivity index (χ1v) is 5.69. The van der Waals surface area contributed by atoms with Gasteiger partial charge in [0.05, 0.1) is 0 Å². The van der Waals surface area contributed by atoms with Crippen LogP contribution in [0.2, 0.25) is 0 Å². The largest absolute Gasteiger partial charge is 0.353 e. The zero-order chi connectivity index (χ0) is 13.0. The van der Waals surface area contributed by atoms with Gasteiger partial charge in [0, 0.05) is 26.0 Å². The third kappa shape index (κ3) is 2.46. The molecule has 2 rings (SSSR count). The van der Waals surface area contributed by atoms with Gasteiger partial charge in [0.2, 0.25) is 0 Å². The molecular formula is C14H14N4. The van der Waals surface area contributed by atoms with Crippen LogP contribution in [0.4, 0.5) is 5.82 Å². The van der Waals surface area contributed by atoms with Gasteiger partial charge in [-0.2, -0.15) is 5.26 Å². The molecule has 18 heavy (non-hydrogen) atoms. The van der Waals surface area contributed by atoms with Crippen LogP contribution in [0.1, 0.15) is 16.8 Å². The number of aromatic nitrogens is 2. The fourth-order valence-electron chi connectivity index (χ4n) is 1.81. The van der Waals surface area contributed by atoms with E-state index in [2.05, 4.69) is 35.1 Å². The third-order valence-electron chi connectivity index (χ3n) is 2.82. The molecule has 0 aliphatic rings. The second-order valence-electron chi connectivity index (χ2n) is 4.12. The normalized spacial score (nSPS) is 9.83. The Hall–Kier alpha value is -2.41. The number of nitrogens with zero attached hydrogens (tertiary/aromatic N) is 4. The summed E-state index contributed by atoms with van der Waals surface area (Å²) in [5.41, 5.74) is 2.80. The van der Waals surface area contributed by atoms with E-state index in [0.29, 0.717) is 18.1 Å². The topological polar surface area (TPSA) is 52.8 Å². The van der Waals surface area contributed by atoms with Crippen molar-refractivity contribution < 1.29 is 0 Å². The van der Waals surface area contributed by atoms with Gasteiger partial charge in [0.15, 0.2) is 11.5 Å². The van der Waals surface area contributed by atoms with Crippen LogP contribution in [0, 0.1) is 18.3 Å². The summed E-state index contributed by atoms with van der Waals surface area (Å²) < 4.78 is 0. The van der Waals surface area contributed by atoms with Crippen molar-refractivity contribution in [2.75, 3.05) is 11.9 Å². The van der Waals surface area contributed by atoms with Crippen LogP contribution in [0.25, 0.3) is 0 Å². The molecule has 0 aliphatic heterocycles. The Bertz CT molecular complexity index is 586. The molecule has 0 bridgehead atoms. The van der Waals surface area contributed by atoms with Gasteiger partial charge in [-0.05, 0) is 18.1 Å². The fourth-order valence-corrected chi connectivity index (χ4v) is 1.81. The summed E-state index contributed by atoms with van der Waals surface area (Å²) in [6.07, 6.45) is 3.13. The van der Waals surface area contributed by atoms with E-state index < -0.39 is 0 Å². The van der Waals surface area contributed by atoms with Gasteiger partial charge in [-0.15, -0.1) is 0 Å². The maximum Gasteiger partial charge on any atom is 0.183 e. The summed E-state index contributed by atoms with van der Waals surface area (Å²) in [4.78, 5) is 10.2. The molecule has 4 heteroatoms. The van der Waals surface area contributed by atoms with Crippen molar-refractivity contribution in [3.05, 3.63) is 53.5 Å². The highest BCUT2D eigenvalue weighted by molar-refractivity contribution is 5.49. The minimum absolute atomic E-state index is 0.355. The molecule has 0 radical (unpaired) electrons. The minimum atomic E-state index is 0.355. The Balaban J connectivity index is 2.26. The average Bonchev–Trinajstić information content (AvgIpc) is 2.41. The predicted molar refractivity (Wildman–Crippen MR) is 70.0 cm³/mol. The van der Waals surface area contributed by atoms with E-state index >= 15 is 0 Å². The Morgan fingerprint density at radius 2 is 1.94 bits per heavy atom. The molecule has 1 aromatic carbocycles. The molecular weight excluding hydrogens is 224 g/mol. The standard InChI is InChI=1S/C14H14N4/c1-11-5-3-4-6-12(11)10-18(2)14-13(9-15)16-7-8-17-14/h3-8H,10H2,1-2H3. The summed E-state index contributed by atoms with van der Waals surface area (Å²) in [5, 5.41) is 9.01. The summed E-state index contributed by atoms with van der Waals surface area (Å²) in [7, 11) is 1.91. The highest BCUT2D eigenvalue weighted by Crippen LogP contribution is 2.16. The molecule has 4 nitrogen and oxygen atoms in total. The number of rotatable bonds is 3. The number of benzene rings is 1. The van der Waals surface area contributed by atoms with Gasteiger partial charge in [0.25, 0.3) is 0 Å². The smallest absolute Gasteiger partial charge is 0.183 e. The molecule has 0 spiro atoms. The van der Waals surface area contributed by atoms with Crippen LogP contribution in [0.15, 0.2) is 36.7 Å². The molecule has 1 heterocycles. The molecule has 2 aromatic rings. The monoisotopic (exact) mass is 238 g/mol. The molecule has 0 aliphatic carbocycles. The molecule has 1 aromatic heterocycles. The first-order valence-electron chi connectivity index (χ1n) is 5.69. The van der Waals surface area contributed by atoms with Crippen molar-refractivity contribution in [3.63, 3.8) is 0 Å². The summed E-state index contributed by atoms with van der Waals surface area (Å²) in [5.74, 6) is 0.614. The maximum absolute atomic E-state index is 9.01. The lowest BCUT2D eigenvalue weighted by atomic mass is 10.1. The lowest BCUT2D eigenvalue weighted by Gasteiger charge is -2.19. The summed E-state index contributed by atoms with van der Waals surface area (Å²) in [6, 6.07) is 10.2. The van der Waals surface area contributed by atoms with Crippen LogP contribution in [0.3, 0.4) is 0 Å². The number of anilines is 1. The van der Waals surface area contributed by atoms with E-state index in [1.54, 1.807) is 6.20 Å². The predicted octanol–water partition coefficient (Wildman–Crippen LogP) is 2.29. The van der Waals surface area contributed by atoms with Crippen molar-refractivity contribution in [1.29, 1.82) is 5.26 Å². The Labute approximate surface area is 107 Å². The lowest BCUT2D eigenvalue weighted by molar-refractivity contribution is 0.879. The number of aryl methyl sites for hydroxylation is 1. The molecule has 0 saturated heterocycles. The SMILES string of the molecule is Cc1ccccc1CN(C)c1nccnc1C#N. The van der Waals surface area contributed by atoms with Crippen LogP contribution in [-0.4, -0.2) is 17.0 Å². The zero-order valence-electron chi connectivity index (χ0n) is 10.5. The highest BCUT2D eigenvalue weighted by atomic mass is 15.2. The van der Waals surface area contributed by atoms with Crippen LogP contribution in [-0.2, 0) is 6.54 Å². The minimum Gasteiger partial charge on any atom is -0.353 e. The van der Waals surface area contributed by atoms with Gasteiger partial charge in [-0.3, -0.25) is 0 Å². The van der Waals surface area contributed by atoms with Gasteiger partial charge in [0.1, 0.15) is 6.07 Å². The molecule has 0 N–H and O–H groups in total. The van der Waals surface area contributed by atoms with Crippen molar-refractivity contribution in [1.82, 2.24) is 9.97 Å². The van der Waals surface area contributed by atoms with Crippen LogP contribution >= 0.6 is 0 Å². The van der Waals surface area contributed by atoms with Crippen LogP contribution in [0.5, 0.6) is 0 Å². The van der Waals surface area contributed by atoms with Gasteiger partial charge < -0.3 is 4.90 Å². The third-order valence-corrected chi connectivity index (χ3v) is 2.82. The first-order chi connectivity index (χ1) is 8.72. The van der Waals surface area contributed by atoms with E-state index in [-0.39, 0.29) is 0 Å². The summed E-state index contributed by atoms with van der Waals surface area (Å²) >= 11 is 0. The quantitative estimate of drug-likeness (QED) is 0.823. The van der Waals surface area contributed by atoms with E-state index in [4.69, 9.17) is 5.26 Å². The lowest BCUT2D eigenvalue weighted by Crippen LogP contribution is -2.19. The van der Waals surface area contributed by atoms with Gasteiger partial charge in [-0.25, -0.2) is 9.97 Å². The van der Waals surface area contributed by atoms with Crippen molar-refractivity contribution >= 4 is 5.82 Å². The zero-order valence-corrected chi connectivity index (χ0v) is 10.5. The van der Waals surface area contributed by atoms with Crippen molar-refractivity contribution in [2.45, 2.75) is 13.5 Å².